The minimum atomic E-state index is 0. The van der Waals surface area contributed by atoms with E-state index in [4.69, 9.17) is 0 Å². The molecule has 0 saturated heterocycles. The summed E-state index contributed by atoms with van der Waals surface area (Å²) in [6.45, 7) is 0. The van der Waals surface area contributed by atoms with Crippen LogP contribution in [0.5, 0.6) is 0 Å². The third-order valence-electron chi connectivity index (χ3n) is 0. The van der Waals surface area contributed by atoms with Crippen LogP contribution in [0.25, 0.3) is 0 Å². The van der Waals surface area contributed by atoms with Crippen LogP contribution in [0.3, 0.4) is 0 Å². The van der Waals surface area contributed by atoms with E-state index in [0.717, 1.165) is 0 Å². The Kier molecular flexibility index (Phi) is 66.9. The minimum Gasteiger partial charge on any atom is 0 e. The molecule has 0 nitrogen and oxygen atoms in total. The van der Waals surface area contributed by atoms with Crippen molar-refractivity contribution >= 4 is 0 Å². The topological polar surface area (TPSA) is 0 Å². The molecule has 0 aliphatic rings. The van der Waals surface area contributed by atoms with Gasteiger partial charge in [-0.25, -0.2) is 0 Å². The van der Waals surface area contributed by atoms with Gasteiger partial charge in [-0.3, -0.25) is 0 Å². The fourth-order valence-electron chi connectivity index (χ4n) is 0. The van der Waals surface area contributed by atoms with E-state index in [1.54, 1.807) is 0 Å². The van der Waals surface area contributed by atoms with Crippen LogP contribution in [0.2, 0.25) is 0 Å². The molecule has 0 unspecified atom stereocenters. The van der Waals surface area contributed by atoms with Gasteiger partial charge in [-0.15, -0.1) is 0 Å². The molecular weight excluding hydrogens is 554 g/mol. The monoisotopic (exact) mass is 556 g/mol. The smallest absolute Gasteiger partial charge is 0 e. The van der Waals surface area contributed by atoms with E-state index in [9.17, 15) is 0 Å². The van der Waals surface area contributed by atoms with E-state index in [2.05, 4.69) is 16.5 Å². The SMILES string of the molecule is [Mo][Ta].[Nb].[W]. The fraction of sp³-hybridized carbons (Fsp3) is 0. The third kappa shape index (κ3) is 8.85. The maximum atomic E-state index is 2.06. The van der Waals surface area contributed by atoms with Crippen LogP contribution in [0, 0.1) is 0 Å². The minimum absolute atomic E-state index is 0. The first-order valence-corrected chi connectivity index (χ1v) is 8.84. The molecule has 22 valence electrons. The molecule has 0 aliphatic carbocycles. The summed E-state index contributed by atoms with van der Waals surface area (Å²) in [5.74, 6) is 0. The van der Waals surface area contributed by atoms with Crippen LogP contribution in [0.15, 0.2) is 0 Å². The van der Waals surface area contributed by atoms with Crippen molar-refractivity contribution < 1.29 is 77.9 Å². The first-order chi connectivity index (χ1) is 1.00. The molecule has 0 heterocycles. The summed E-state index contributed by atoms with van der Waals surface area (Å²) in [4.78, 5) is 0. The molecule has 0 bridgehead atoms. The molecule has 0 N–H and O–H groups in total. The molecular formula is MoNbTaW. The van der Waals surface area contributed by atoms with Crippen molar-refractivity contribution in [2.45, 2.75) is 0 Å². The summed E-state index contributed by atoms with van der Waals surface area (Å²) in [6.07, 6.45) is 0. The zero-order chi connectivity index (χ0) is 2.00. The second-order valence-corrected chi connectivity index (χ2v) is 0. The van der Waals surface area contributed by atoms with Crippen LogP contribution in [0.4, 0.5) is 0 Å². The van der Waals surface area contributed by atoms with Crippen LogP contribution < -0.4 is 0 Å². The maximum Gasteiger partial charge on any atom is 0 e. The molecule has 0 aliphatic heterocycles. The van der Waals surface area contributed by atoms with E-state index in [0.29, 0.717) is 0 Å². The van der Waals surface area contributed by atoms with Gasteiger partial charge in [-0.05, 0) is 0 Å². The van der Waals surface area contributed by atoms with Crippen LogP contribution >= 0.6 is 0 Å². The Morgan fingerprint density at radius 3 is 1.25 bits per heavy atom. The zero-order valence-corrected chi connectivity index (χ0v) is 12.1. The Morgan fingerprint density at radius 1 is 1.25 bits per heavy atom. The van der Waals surface area contributed by atoms with Crippen LogP contribution in [-0.4, -0.2) is 0 Å². The molecule has 0 fully saturated rings. The molecule has 0 aromatic heterocycles. The number of hydrogen-bond donors (Lipinski definition) is 0. The average molecular weight is 554 g/mol. The summed E-state index contributed by atoms with van der Waals surface area (Å²) in [5, 5.41) is 0. The van der Waals surface area contributed by atoms with Crippen molar-refractivity contribution in [2.24, 2.45) is 0 Å². The van der Waals surface area contributed by atoms with Gasteiger partial charge in [0.25, 0.3) is 0 Å². The first kappa shape index (κ1) is 15.8. The summed E-state index contributed by atoms with van der Waals surface area (Å²) in [7, 11) is 0. The molecule has 0 saturated carbocycles. The van der Waals surface area contributed by atoms with Gasteiger partial charge >= 0.3 is 34.5 Å². The van der Waals surface area contributed by atoms with Crippen molar-refractivity contribution in [3.63, 3.8) is 0 Å². The van der Waals surface area contributed by atoms with Gasteiger partial charge in [0.1, 0.15) is 0 Å². The van der Waals surface area contributed by atoms with Gasteiger partial charge in [0.05, 0.1) is 0 Å². The van der Waals surface area contributed by atoms with E-state index in [1.807, 2.05) is 0 Å². The van der Waals surface area contributed by atoms with Crippen LogP contribution in [-0.2, 0) is 77.9 Å². The Labute approximate surface area is 76.4 Å². The quantitative estimate of drug-likeness (QED) is 0.371. The zero-order valence-electron chi connectivity index (χ0n) is 1.71. The molecule has 0 spiro atoms. The van der Waals surface area contributed by atoms with Crippen molar-refractivity contribution in [2.75, 3.05) is 0 Å². The molecule has 0 aromatic carbocycles. The van der Waals surface area contributed by atoms with E-state index in [1.165, 1.54) is 18.0 Å². The normalized spacial score (nSPS) is 1.00. The van der Waals surface area contributed by atoms with Crippen molar-refractivity contribution in [3.8, 4) is 0 Å². The van der Waals surface area contributed by atoms with Crippen molar-refractivity contribution in [1.82, 2.24) is 0 Å². The van der Waals surface area contributed by atoms with Gasteiger partial charge < -0.3 is 0 Å². The summed E-state index contributed by atoms with van der Waals surface area (Å²) >= 11 is 3.52. The first-order valence-electron chi connectivity index (χ1n) is 0.183. The van der Waals surface area contributed by atoms with Gasteiger partial charge in [-0.1, -0.05) is 0 Å². The largest absolute Gasteiger partial charge is 0 e. The second-order valence-electron chi connectivity index (χ2n) is 0. The molecule has 0 amide bonds. The Bertz CT molecular complexity index is 8.00. The van der Waals surface area contributed by atoms with Gasteiger partial charge in [0.2, 0.25) is 0 Å². The van der Waals surface area contributed by atoms with Crippen molar-refractivity contribution in [1.29, 1.82) is 0 Å². The number of rotatable bonds is 0. The summed E-state index contributed by atoms with van der Waals surface area (Å²) in [5.41, 5.74) is 0. The summed E-state index contributed by atoms with van der Waals surface area (Å²) in [6, 6.07) is 0. The molecule has 0 rings (SSSR count). The Hall–Kier alpha value is 2.86. The van der Waals surface area contributed by atoms with E-state index >= 15 is 0 Å². The molecule has 4 heteroatoms. The van der Waals surface area contributed by atoms with E-state index < -0.39 is 0 Å². The molecule has 0 aromatic rings. The fourth-order valence-corrected chi connectivity index (χ4v) is 0. The van der Waals surface area contributed by atoms with Gasteiger partial charge in [-0.2, -0.15) is 0 Å². The molecule has 4 heavy (non-hydrogen) atoms. The molecule has 0 atom stereocenters. The third-order valence-corrected chi connectivity index (χ3v) is 0. The molecule has 1 radical (unpaired) electrons. The number of hydrogen-bond acceptors (Lipinski definition) is 0. The predicted molar refractivity (Wildman–Crippen MR) is 0 cm³/mol. The second kappa shape index (κ2) is 16.9. The predicted octanol–water partition coefficient (Wildman–Crippen LogP) is -0.0100. The van der Waals surface area contributed by atoms with Crippen LogP contribution in [0.1, 0.15) is 0 Å². The van der Waals surface area contributed by atoms with Gasteiger partial charge in [0, 0.05) is 43.4 Å². The Balaban J connectivity index is -0.00000000500. The maximum absolute atomic E-state index is 2.06. The van der Waals surface area contributed by atoms with E-state index in [-0.39, 0.29) is 43.4 Å². The summed E-state index contributed by atoms with van der Waals surface area (Å²) < 4.78 is 0. The van der Waals surface area contributed by atoms with Crippen molar-refractivity contribution in [3.05, 3.63) is 0 Å². The van der Waals surface area contributed by atoms with Gasteiger partial charge in [0.15, 0.2) is 0 Å². The Morgan fingerprint density at radius 2 is 1.25 bits per heavy atom. The standard InChI is InChI=1S/Mo.Nb.Ta.W. The average Bonchev–Trinajstić information content (AvgIpc) is 1.00.